The zero-order valence-electron chi connectivity index (χ0n) is 13.1. The Morgan fingerprint density at radius 3 is 2.57 bits per heavy atom. The van der Waals surface area contributed by atoms with E-state index in [2.05, 4.69) is 29.2 Å². The number of nitrogens with two attached hydrogens (primary N) is 1. The number of piperidine rings is 1. The summed E-state index contributed by atoms with van der Waals surface area (Å²) in [5.41, 5.74) is 8.16. The number of likely N-dealkylation sites (tertiary alicyclic amines) is 1. The zero-order valence-corrected chi connectivity index (χ0v) is 13.1. The SMILES string of the molecule is COCc1ccccc1CN1CCC(OCCCN)CC1. The molecule has 1 saturated heterocycles. The van der Waals surface area contributed by atoms with E-state index in [0.717, 1.165) is 52.0 Å². The molecule has 2 rings (SSSR count). The van der Waals surface area contributed by atoms with Crippen molar-refractivity contribution in [1.29, 1.82) is 0 Å². The van der Waals surface area contributed by atoms with E-state index in [0.29, 0.717) is 12.7 Å². The molecular formula is C17H28N2O2. The average molecular weight is 292 g/mol. The predicted molar refractivity (Wildman–Crippen MR) is 85.1 cm³/mol. The van der Waals surface area contributed by atoms with E-state index < -0.39 is 0 Å². The molecule has 0 radical (unpaired) electrons. The normalized spacial score (nSPS) is 17.2. The van der Waals surface area contributed by atoms with Gasteiger partial charge in [-0.1, -0.05) is 24.3 Å². The second kappa shape index (κ2) is 9.15. The van der Waals surface area contributed by atoms with Gasteiger partial charge in [-0.3, -0.25) is 4.90 Å². The molecule has 0 amide bonds. The van der Waals surface area contributed by atoms with Crippen LogP contribution in [0.2, 0.25) is 0 Å². The number of benzene rings is 1. The summed E-state index contributed by atoms with van der Waals surface area (Å²) in [7, 11) is 1.75. The van der Waals surface area contributed by atoms with Gasteiger partial charge >= 0.3 is 0 Å². The van der Waals surface area contributed by atoms with Gasteiger partial charge in [0.25, 0.3) is 0 Å². The van der Waals surface area contributed by atoms with Crippen LogP contribution < -0.4 is 5.73 Å². The summed E-state index contributed by atoms with van der Waals surface area (Å²) in [6, 6.07) is 8.55. The Labute approximate surface area is 128 Å². The van der Waals surface area contributed by atoms with Crippen molar-refractivity contribution in [3.8, 4) is 0 Å². The van der Waals surface area contributed by atoms with Crippen molar-refractivity contribution in [2.45, 2.75) is 38.5 Å². The summed E-state index contributed by atoms with van der Waals surface area (Å²) in [5.74, 6) is 0. The van der Waals surface area contributed by atoms with Crippen molar-refractivity contribution in [2.75, 3.05) is 33.4 Å². The molecule has 0 atom stereocenters. The topological polar surface area (TPSA) is 47.7 Å². The number of hydrogen-bond acceptors (Lipinski definition) is 4. The van der Waals surface area contributed by atoms with Crippen LogP contribution in [0.15, 0.2) is 24.3 Å². The molecule has 1 fully saturated rings. The first-order valence-electron chi connectivity index (χ1n) is 7.93. The van der Waals surface area contributed by atoms with E-state index in [1.807, 2.05) is 0 Å². The summed E-state index contributed by atoms with van der Waals surface area (Å²) in [6.45, 7) is 5.43. The van der Waals surface area contributed by atoms with Crippen LogP contribution in [0.25, 0.3) is 0 Å². The third-order valence-corrected chi connectivity index (χ3v) is 4.05. The van der Waals surface area contributed by atoms with Gasteiger partial charge in [-0.2, -0.15) is 0 Å². The number of hydrogen-bond donors (Lipinski definition) is 1. The van der Waals surface area contributed by atoms with Crippen LogP contribution in [0.1, 0.15) is 30.4 Å². The largest absolute Gasteiger partial charge is 0.380 e. The lowest BCUT2D eigenvalue weighted by atomic mass is 10.0. The Morgan fingerprint density at radius 2 is 1.90 bits per heavy atom. The van der Waals surface area contributed by atoms with Crippen LogP contribution >= 0.6 is 0 Å². The second-order valence-corrected chi connectivity index (χ2v) is 5.69. The first-order valence-corrected chi connectivity index (χ1v) is 7.93. The smallest absolute Gasteiger partial charge is 0.0716 e. The van der Waals surface area contributed by atoms with E-state index in [4.69, 9.17) is 15.2 Å². The van der Waals surface area contributed by atoms with Gasteiger partial charge in [0.2, 0.25) is 0 Å². The molecular weight excluding hydrogens is 264 g/mol. The van der Waals surface area contributed by atoms with E-state index in [1.54, 1.807) is 7.11 Å². The highest BCUT2D eigenvalue weighted by Crippen LogP contribution is 2.18. The highest BCUT2D eigenvalue weighted by molar-refractivity contribution is 5.26. The summed E-state index contributed by atoms with van der Waals surface area (Å²) in [6.07, 6.45) is 3.63. The Kier molecular flexibility index (Phi) is 7.16. The minimum absolute atomic E-state index is 0.419. The van der Waals surface area contributed by atoms with Gasteiger partial charge in [0.1, 0.15) is 0 Å². The molecule has 0 saturated carbocycles. The van der Waals surface area contributed by atoms with Gasteiger partial charge in [0.15, 0.2) is 0 Å². The summed E-state index contributed by atoms with van der Waals surface area (Å²) in [5, 5.41) is 0. The number of nitrogens with zero attached hydrogens (tertiary/aromatic N) is 1. The van der Waals surface area contributed by atoms with E-state index in [1.165, 1.54) is 11.1 Å². The van der Waals surface area contributed by atoms with Crippen LogP contribution in [0.5, 0.6) is 0 Å². The first kappa shape index (κ1) is 16.4. The molecule has 2 N–H and O–H groups in total. The minimum atomic E-state index is 0.419. The van der Waals surface area contributed by atoms with Crippen molar-refractivity contribution in [3.63, 3.8) is 0 Å². The molecule has 0 unspecified atom stereocenters. The summed E-state index contributed by atoms with van der Waals surface area (Å²) >= 11 is 0. The van der Waals surface area contributed by atoms with Gasteiger partial charge < -0.3 is 15.2 Å². The third-order valence-electron chi connectivity index (χ3n) is 4.05. The van der Waals surface area contributed by atoms with Crippen molar-refractivity contribution >= 4 is 0 Å². The Hall–Kier alpha value is -0.940. The zero-order chi connectivity index (χ0) is 14.9. The lowest BCUT2D eigenvalue weighted by molar-refractivity contribution is 0.00551. The molecule has 1 aromatic rings. The highest BCUT2D eigenvalue weighted by Gasteiger charge is 2.20. The quantitative estimate of drug-likeness (QED) is 0.746. The molecule has 0 spiro atoms. The maximum atomic E-state index is 5.86. The van der Waals surface area contributed by atoms with Crippen LogP contribution in [-0.4, -0.2) is 44.4 Å². The molecule has 1 heterocycles. The van der Waals surface area contributed by atoms with Crippen LogP contribution in [0, 0.1) is 0 Å². The fourth-order valence-corrected chi connectivity index (χ4v) is 2.82. The fourth-order valence-electron chi connectivity index (χ4n) is 2.82. The number of rotatable bonds is 8. The minimum Gasteiger partial charge on any atom is -0.380 e. The monoisotopic (exact) mass is 292 g/mol. The maximum absolute atomic E-state index is 5.86. The van der Waals surface area contributed by atoms with Gasteiger partial charge in [-0.25, -0.2) is 0 Å². The van der Waals surface area contributed by atoms with Crippen molar-refractivity contribution < 1.29 is 9.47 Å². The molecule has 0 bridgehead atoms. The molecule has 0 aromatic heterocycles. The molecule has 1 aliphatic heterocycles. The van der Waals surface area contributed by atoms with Crippen molar-refractivity contribution in [2.24, 2.45) is 5.73 Å². The van der Waals surface area contributed by atoms with Crippen LogP contribution in [-0.2, 0) is 22.6 Å². The second-order valence-electron chi connectivity index (χ2n) is 5.69. The molecule has 1 aromatic carbocycles. The molecule has 21 heavy (non-hydrogen) atoms. The summed E-state index contributed by atoms with van der Waals surface area (Å²) in [4.78, 5) is 2.51. The Balaban J connectivity index is 1.78. The molecule has 118 valence electrons. The summed E-state index contributed by atoms with van der Waals surface area (Å²) < 4.78 is 11.1. The number of ether oxygens (including phenoxy) is 2. The van der Waals surface area contributed by atoms with E-state index in [-0.39, 0.29) is 0 Å². The van der Waals surface area contributed by atoms with Gasteiger partial charge in [0.05, 0.1) is 12.7 Å². The van der Waals surface area contributed by atoms with Crippen LogP contribution in [0.3, 0.4) is 0 Å². The molecule has 4 nitrogen and oxygen atoms in total. The molecule has 1 aliphatic rings. The Morgan fingerprint density at radius 1 is 1.19 bits per heavy atom. The van der Waals surface area contributed by atoms with E-state index >= 15 is 0 Å². The average Bonchev–Trinajstić information content (AvgIpc) is 2.51. The Bertz CT molecular complexity index is 404. The highest BCUT2D eigenvalue weighted by atomic mass is 16.5. The maximum Gasteiger partial charge on any atom is 0.0716 e. The first-order chi connectivity index (χ1) is 10.3. The van der Waals surface area contributed by atoms with Gasteiger partial charge in [-0.05, 0) is 36.9 Å². The lowest BCUT2D eigenvalue weighted by Crippen LogP contribution is -2.37. The third kappa shape index (κ3) is 5.40. The lowest BCUT2D eigenvalue weighted by Gasteiger charge is -2.32. The van der Waals surface area contributed by atoms with Gasteiger partial charge in [0, 0.05) is 33.4 Å². The number of methoxy groups -OCH3 is 1. The predicted octanol–water partition coefficient (Wildman–Crippen LogP) is 2.16. The van der Waals surface area contributed by atoms with Crippen molar-refractivity contribution in [1.82, 2.24) is 4.90 Å². The van der Waals surface area contributed by atoms with Crippen LogP contribution in [0.4, 0.5) is 0 Å². The molecule has 0 aliphatic carbocycles. The van der Waals surface area contributed by atoms with E-state index in [9.17, 15) is 0 Å². The van der Waals surface area contributed by atoms with Crippen molar-refractivity contribution in [3.05, 3.63) is 35.4 Å². The standard InChI is InChI=1S/C17H28N2O2/c1-20-14-16-6-3-2-5-15(16)13-19-10-7-17(8-11-19)21-12-4-9-18/h2-3,5-6,17H,4,7-14,18H2,1H3. The molecule has 4 heteroatoms. The fraction of sp³-hybridized carbons (Fsp3) is 0.647. The van der Waals surface area contributed by atoms with Gasteiger partial charge in [-0.15, -0.1) is 0 Å².